The Hall–Kier alpha value is -2.46. The molecule has 2 aliphatic rings. The number of sulfonamides is 1. The van der Waals surface area contributed by atoms with E-state index in [1.54, 1.807) is 34.1 Å². The zero-order valence-electron chi connectivity index (χ0n) is 20.9. The summed E-state index contributed by atoms with van der Waals surface area (Å²) in [6.07, 6.45) is 2.91. The first-order valence-corrected chi connectivity index (χ1v) is 14.0. The Kier molecular flexibility index (Phi) is 8.93. The Morgan fingerprint density at radius 3 is 2.00 bits per heavy atom. The van der Waals surface area contributed by atoms with Gasteiger partial charge in [-0.05, 0) is 50.7 Å². The molecule has 194 valence electrons. The third-order valence-electron chi connectivity index (χ3n) is 7.46. The normalized spacial score (nSPS) is 19.9. The van der Waals surface area contributed by atoms with Crippen LogP contribution in [-0.4, -0.2) is 68.2 Å². The van der Waals surface area contributed by atoms with E-state index in [1.165, 1.54) is 0 Å². The summed E-state index contributed by atoms with van der Waals surface area (Å²) in [6, 6.07) is 5.67. The smallest absolute Gasteiger partial charge is 0.241 e. The van der Waals surface area contributed by atoms with Crippen LogP contribution in [-0.2, 0) is 24.4 Å². The van der Waals surface area contributed by atoms with Gasteiger partial charge in [-0.3, -0.25) is 14.4 Å². The first kappa shape index (κ1) is 27.1. The molecule has 0 aliphatic carbocycles. The van der Waals surface area contributed by atoms with Crippen LogP contribution in [0.25, 0.3) is 0 Å². The van der Waals surface area contributed by atoms with Crippen LogP contribution in [0.3, 0.4) is 0 Å². The third kappa shape index (κ3) is 6.61. The number of aryl methyl sites for hydroxylation is 1. The fourth-order valence-electron chi connectivity index (χ4n) is 4.78. The molecule has 1 aromatic carbocycles. The number of piperidine rings is 2. The van der Waals surface area contributed by atoms with E-state index in [0.29, 0.717) is 58.3 Å². The van der Waals surface area contributed by atoms with E-state index in [9.17, 15) is 22.8 Å². The van der Waals surface area contributed by atoms with Gasteiger partial charge in [-0.15, -0.1) is 0 Å². The van der Waals surface area contributed by atoms with Crippen LogP contribution in [0.15, 0.2) is 29.2 Å². The SMILES string of the molecule is CC[C@@H](C)[C@H](NS(=O)(=O)c1ccc(C)cc1)C(=O)N1CCC(C(=O)N2CCC(C(N)=O)CC2)CC1. The van der Waals surface area contributed by atoms with Gasteiger partial charge >= 0.3 is 0 Å². The number of hydrogen-bond donors (Lipinski definition) is 2. The number of rotatable bonds is 8. The molecule has 2 atom stereocenters. The van der Waals surface area contributed by atoms with Gasteiger partial charge in [0.2, 0.25) is 27.7 Å². The lowest BCUT2D eigenvalue weighted by Gasteiger charge is -2.38. The van der Waals surface area contributed by atoms with Crippen LogP contribution in [0, 0.1) is 24.7 Å². The molecule has 2 aliphatic heterocycles. The Labute approximate surface area is 208 Å². The monoisotopic (exact) mass is 506 g/mol. The molecule has 0 aromatic heterocycles. The highest BCUT2D eigenvalue weighted by Crippen LogP contribution is 2.25. The standard InChI is InChI=1S/C25H38N4O5S/c1-4-18(3)22(27-35(33,34)21-7-5-17(2)6-8-21)25(32)29-15-11-20(12-16-29)24(31)28-13-9-19(10-14-28)23(26)30/h5-8,18-20,22,27H,4,9-16H2,1-3H3,(H2,26,30)/t18-,22+/m1/s1. The molecule has 9 nitrogen and oxygen atoms in total. The van der Waals surface area contributed by atoms with Crippen molar-refractivity contribution >= 4 is 27.7 Å². The highest BCUT2D eigenvalue weighted by molar-refractivity contribution is 7.89. The van der Waals surface area contributed by atoms with Crippen LogP contribution >= 0.6 is 0 Å². The molecular formula is C25H38N4O5S. The van der Waals surface area contributed by atoms with Crippen molar-refractivity contribution in [3.8, 4) is 0 Å². The fourth-order valence-corrected chi connectivity index (χ4v) is 6.08. The first-order valence-electron chi connectivity index (χ1n) is 12.5. The van der Waals surface area contributed by atoms with Gasteiger partial charge in [-0.1, -0.05) is 38.0 Å². The Morgan fingerprint density at radius 1 is 0.971 bits per heavy atom. The van der Waals surface area contributed by atoms with E-state index in [0.717, 1.165) is 5.56 Å². The average molecular weight is 507 g/mol. The Bertz CT molecular complexity index is 1010. The number of nitrogens with two attached hydrogens (primary N) is 1. The summed E-state index contributed by atoms with van der Waals surface area (Å²) in [5, 5.41) is 0. The molecule has 0 radical (unpaired) electrons. The van der Waals surface area contributed by atoms with Crippen molar-refractivity contribution in [2.75, 3.05) is 26.2 Å². The van der Waals surface area contributed by atoms with E-state index in [1.807, 2.05) is 20.8 Å². The van der Waals surface area contributed by atoms with E-state index < -0.39 is 16.1 Å². The number of hydrogen-bond acceptors (Lipinski definition) is 5. The number of nitrogens with one attached hydrogen (secondary N) is 1. The molecule has 1 aromatic rings. The van der Waals surface area contributed by atoms with Crippen molar-refractivity contribution in [1.82, 2.24) is 14.5 Å². The van der Waals surface area contributed by atoms with Crippen LogP contribution < -0.4 is 10.5 Å². The number of benzene rings is 1. The summed E-state index contributed by atoms with van der Waals surface area (Å²) in [7, 11) is -3.86. The average Bonchev–Trinajstić information content (AvgIpc) is 2.86. The summed E-state index contributed by atoms with van der Waals surface area (Å²) in [5.74, 6) is -1.01. The molecule has 2 saturated heterocycles. The molecule has 2 heterocycles. The predicted octanol–water partition coefficient (Wildman–Crippen LogP) is 1.65. The zero-order chi connectivity index (χ0) is 25.8. The molecule has 10 heteroatoms. The number of likely N-dealkylation sites (tertiary alicyclic amines) is 2. The van der Waals surface area contributed by atoms with Gasteiger partial charge in [0.05, 0.1) is 4.90 Å². The predicted molar refractivity (Wildman–Crippen MR) is 133 cm³/mol. The number of primary amides is 1. The minimum absolute atomic E-state index is 0.0681. The van der Waals surface area contributed by atoms with Gasteiger partial charge in [0.25, 0.3) is 0 Å². The van der Waals surface area contributed by atoms with Crippen LogP contribution in [0.5, 0.6) is 0 Å². The minimum Gasteiger partial charge on any atom is -0.369 e. The molecule has 0 saturated carbocycles. The molecule has 3 rings (SSSR count). The highest BCUT2D eigenvalue weighted by atomic mass is 32.2. The maximum atomic E-state index is 13.4. The van der Waals surface area contributed by atoms with Crippen LogP contribution in [0.4, 0.5) is 0 Å². The van der Waals surface area contributed by atoms with E-state index in [4.69, 9.17) is 5.73 Å². The number of nitrogens with zero attached hydrogens (tertiary/aromatic N) is 2. The zero-order valence-corrected chi connectivity index (χ0v) is 21.7. The fraction of sp³-hybridized carbons (Fsp3) is 0.640. The van der Waals surface area contributed by atoms with E-state index in [2.05, 4.69) is 4.72 Å². The molecule has 35 heavy (non-hydrogen) atoms. The van der Waals surface area contributed by atoms with Gasteiger partial charge in [0.1, 0.15) is 6.04 Å². The van der Waals surface area contributed by atoms with Crippen molar-refractivity contribution in [1.29, 1.82) is 0 Å². The molecule has 2 fully saturated rings. The number of carbonyl (C=O) groups excluding carboxylic acids is 3. The van der Waals surface area contributed by atoms with Crippen molar-refractivity contribution in [3.05, 3.63) is 29.8 Å². The molecular weight excluding hydrogens is 468 g/mol. The van der Waals surface area contributed by atoms with Gasteiger partial charge in [0, 0.05) is 38.0 Å². The van der Waals surface area contributed by atoms with Crippen molar-refractivity contribution < 1.29 is 22.8 Å². The summed E-state index contributed by atoms with van der Waals surface area (Å²) in [4.78, 5) is 41.4. The molecule has 3 amide bonds. The quantitative estimate of drug-likeness (QED) is 0.554. The van der Waals surface area contributed by atoms with Gasteiger partial charge in [-0.25, -0.2) is 8.42 Å². The van der Waals surface area contributed by atoms with Gasteiger partial charge in [-0.2, -0.15) is 4.72 Å². The first-order chi connectivity index (χ1) is 16.5. The summed E-state index contributed by atoms with van der Waals surface area (Å²) >= 11 is 0. The topological polar surface area (TPSA) is 130 Å². The lowest BCUT2D eigenvalue weighted by Crippen LogP contribution is -2.54. The molecule has 0 bridgehead atoms. The van der Waals surface area contributed by atoms with Crippen molar-refractivity contribution in [2.24, 2.45) is 23.5 Å². The number of amides is 3. The summed E-state index contributed by atoms with van der Waals surface area (Å²) in [6.45, 7) is 7.56. The van der Waals surface area contributed by atoms with E-state index in [-0.39, 0.29) is 40.4 Å². The van der Waals surface area contributed by atoms with Crippen molar-refractivity contribution in [2.45, 2.75) is 63.8 Å². The van der Waals surface area contributed by atoms with Crippen molar-refractivity contribution in [3.63, 3.8) is 0 Å². The molecule has 0 unspecified atom stereocenters. The third-order valence-corrected chi connectivity index (χ3v) is 8.91. The van der Waals surface area contributed by atoms with Gasteiger partial charge < -0.3 is 15.5 Å². The van der Waals surface area contributed by atoms with E-state index >= 15 is 0 Å². The lowest BCUT2D eigenvalue weighted by molar-refractivity contribution is -0.143. The maximum absolute atomic E-state index is 13.4. The van der Waals surface area contributed by atoms with Gasteiger partial charge in [0.15, 0.2) is 0 Å². The summed E-state index contributed by atoms with van der Waals surface area (Å²) in [5.41, 5.74) is 6.34. The minimum atomic E-state index is -3.86. The lowest BCUT2D eigenvalue weighted by atomic mass is 9.91. The Morgan fingerprint density at radius 2 is 1.49 bits per heavy atom. The highest BCUT2D eigenvalue weighted by Gasteiger charge is 2.37. The Balaban J connectivity index is 1.61. The summed E-state index contributed by atoms with van der Waals surface area (Å²) < 4.78 is 28.6. The number of carbonyl (C=O) groups is 3. The largest absolute Gasteiger partial charge is 0.369 e. The van der Waals surface area contributed by atoms with Crippen LogP contribution in [0.2, 0.25) is 0 Å². The second-order valence-corrected chi connectivity index (χ2v) is 11.6. The second-order valence-electron chi connectivity index (χ2n) is 9.90. The maximum Gasteiger partial charge on any atom is 0.241 e. The van der Waals surface area contributed by atoms with Crippen LogP contribution in [0.1, 0.15) is 51.5 Å². The second kappa shape index (κ2) is 11.5. The molecule has 0 spiro atoms. The molecule has 3 N–H and O–H groups in total.